The zero-order chi connectivity index (χ0) is 12.7. The predicted molar refractivity (Wildman–Crippen MR) is 61.2 cm³/mol. The first-order valence-corrected chi connectivity index (χ1v) is 5.24. The first-order chi connectivity index (χ1) is 8.22. The van der Waals surface area contributed by atoms with Gasteiger partial charge in [0.15, 0.2) is 11.5 Å². The molecule has 0 bridgehead atoms. The molecule has 1 aromatic rings. The minimum atomic E-state index is -0.649. The van der Waals surface area contributed by atoms with Crippen molar-refractivity contribution in [2.24, 2.45) is 4.99 Å². The summed E-state index contributed by atoms with van der Waals surface area (Å²) in [6.07, 6.45) is 1.21. The van der Waals surface area contributed by atoms with Crippen LogP contribution in [0.25, 0.3) is 0 Å². The molecule has 0 saturated carbocycles. The number of carbonyl (C=O) groups is 1. The van der Waals surface area contributed by atoms with Gasteiger partial charge in [-0.1, -0.05) is 0 Å². The molecule has 0 fully saturated rings. The Hall–Kier alpha value is -2.13. The van der Waals surface area contributed by atoms with E-state index < -0.39 is 5.91 Å². The average molecular weight is 235 g/mol. The van der Waals surface area contributed by atoms with Crippen molar-refractivity contribution in [2.75, 3.05) is 13.2 Å². The van der Waals surface area contributed by atoms with Gasteiger partial charge >= 0.3 is 0 Å². The number of hydrogen-bond donors (Lipinski definition) is 0. The minimum absolute atomic E-state index is 0.264. The van der Waals surface area contributed by atoms with E-state index in [0.29, 0.717) is 24.7 Å². The van der Waals surface area contributed by atoms with Crippen LogP contribution in [0.2, 0.25) is 0 Å². The van der Waals surface area contributed by atoms with E-state index in [0.717, 1.165) is 0 Å². The molecule has 90 valence electrons. The fourth-order valence-electron chi connectivity index (χ4n) is 1.29. The van der Waals surface area contributed by atoms with E-state index in [1.165, 1.54) is 18.2 Å². The number of hydrogen-bond acceptors (Lipinski definition) is 4. The summed E-state index contributed by atoms with van der Waals surface area (Å²) in [5, 5.41) is 0. The molecule has 5 nitrogen and oxygen atoms in total. The van der Waals surface area contributed by atoms with Gasteiger partial charge in [0.2, 0.25) is 6.08 Å². The second-order valence-corrected chi connectivity index (χ2v) is 3.04. The number of ether oxygens (including phenoxy) is 2. The Morgan fingerprint density at radius 1 is 1.24 bits per heavy atom. The molecule has 5 heteroatoms. The average Bonchev–Trinajstić information content (AvgIpc) is 2.32. The summed E-state index contributed by atoms with van der Waals surface area (Å²) in [4.78, 5) is 24.4. The first-order valence-electron chi connectivity index (χ1n) is 5.24. The van der Waals surface area contributed by atoms with Gasteiger partial charge in [0.1, 0.15) is 0 Å². The molecule has 0 radical (unpaired) electrons. The zero-order valence-electron chi connectivity index (χ0n) is 9.73. The highest BCUT2D eigenvalue weighted by atomic mass is 16.5. The van der Waals surface area contributed by atoms with Crippen LogP contribution < -0.4 is 9.47 Å². The highest BCUT2D eigenvalue weighted by Gasteiger charge is 2.10. The lowest BCUT2D eigenvalue weighted by Crippen LogP contribution is -2.01. The second-order valence-electron chi connectivity index (χ2n) is 3.04. The molecule has 0 saturated heterocycles. The summed E-state index contributed by atoms with van der Waals surface area (Å²) < 4.78 is 10.7. The zero-order valence-corrected chi connectivity index (χ0v) is 9.73. The fourth-order valence-corrected chi connectivity index (χ4v) is 1.29. The van der Waals surface area contributed by atoms with Crippen molar-refractivity contribution < 1.29 is 19.1 Å². The van der Waals surface area contributed by atoms with E-state index in [-0.39, 0.29) is 5.56 Å². The SMILES string of the molecule is CCOc1ccc(C(=O)N=C=O)cc1OCC. The number of carbonyl (C=O) groups excluding carboxylic acids is 2. The van der Waals surface area contributed by atoms with Crippen LogP contribution in [0.4, 0.5) is 0 Å². The molecule has 0 atom stereocenters. The van der Waals surface area contributed by atoms with Crippen LogP contribution in [-0.2, 0) is 4.79 Å². The largest absolute Gasteiger partial charge is 0.490 e. The number of rotatable bonds is 5. The Kier molecular flexibility index (Phi) is 4.91. The lowest BCUT2D eigenvalue weighted by Gasteiger charge is -2.11. The van der Waals surface area contributed by atoms with Crippen LogP contribution in [0.15, 0.2) is 23.2 Å². The third kappa shape index (κ3) is 3.43. The summed E-state index contributed by atoms with van der Waals surface area (Å²) in [5.74, 6) is 0.367. The highest BCUT2D eigenvalue weighted by molar-refractivity contribution is 5.97. The Morgan fingerprint density at radius 3 is 2.47 bits per heavy atom. The van der Waals surface area contributed by atoms with Crippen molar-refractivity contribution in [3.8, 4) is 11.5 Å². The summed E-state index contributed by atoms with van der Waals surface area (Å²) >= 11 is 0. The molecule has 0 heterocycles. The van der Waals surface area contributed by atoms with Gasteiger partial charge in [0.05, 0.1) is 13.2 Å². The van der Waals surface area contributed by atoms with Gasteiger partial charge in [-0.05, 0) is 32.0 Å². The van der Waals surface area contributed by atoms with E-state index in [1.807, 2.05) is 13.8 Å². The van der Waals surface area contributed by atoms with Gasteiger partial charge in [0.25, 0.3) is 5.91 Å². The summed E-state index contributed by atoms with van der Waals surface area (Å²) in [5.41, 5.74) is 0.264. The monoisotopic (exact) mass is 235 g/mol. The summed E-state index contributed by atoms with van der Waals surface area (Å²) in [7, 11) is 0. The lowest BCUT2D eigenvalue weighted by atomic mass is 10.2. The van der Waals surface area contributed by atoms with Crippen molar-refractivity contribution in [1.29, 1.82) is 0 Å². The Labute approximate surface area is 99.1 Å². The Bertz CT molecular complexity index is 450. The second kappa shape index (κ2) is 6.45. The van der Waals surface area contributed by atoms with E-state index in [1.54, 1.807) is 6.07 Å². The lowest BCUT2D eigenvalue weighted by molar-refractivity contribution is 0.100. The van der Waals surface area contributed by atoms with Crippen LogP contribution in [0.3, 0.4) is 0 Å². The third-order valence-electron chi connectivity index (χ3n) is 1.94. The molecule has 17 heavy (non-hydrogen) atoms. The predicted octanol–water partition coefficient (Wildman–Crippen LogP) is 1.96. The van der Waals surface area contributed by atoms with Crippen molar-refractivity contribution in [2.45, 2.75) is 13.8 Å². The van der Waals surface area contributed by atoms with Crippen molar-refractivity contribution >= 4 is 12.0 Å². The smallest absolute Gasteiger partial charge is 0.287 e. The summed E-state index contributed by atoms with van der Waals surface area (Å²) in [6.45, 7) is 4.63. The number of isocyanates is 1. The van der Waals surface area contributed by atoms with E-state index in [4.69, 9.17) is 9.47 Å². The maximum atomic E-state index is 11.3. The van der Waals surface area contributed by atoms with Crippen LogP contribution in [0, 0.1) is 0 Å². The Morgan fingerprint density at radius 2 is 1.88 bits per heavy atom. The molecule has 1 amide bonds. The molecular weight excluding hydrogens is 222 g/mol. The standard InChI is InChI=1S/C12H13NO4/c1-3-16-10-6-5-9(12(15)13-8-14)7-11(10)17-4-2/h5-7H,3-4H2,1-2H3. The van der Waals surface area contributed by atoms with Gasteiger partial charge in [0, 0.05) is 5.56 Å². The van der Waals surface area contributed by atoms with E-state index in [2.05, 4.69) is 4.99 Å². The number of aliphatic imine (C=N–C) groups is 1. The molecule has 0 spiro atoms. The number of benzene rings is 1. The van der Waals surface area contributed by atoms with Gasteiger partial charge in [-0.3, -0.25) is 4.79 Å². The quantitative estimate of drug-likeness (QED) is 0.578. The number of amides is 1. The molecular formula is C12H13NO4. The first kappa shape index (κ1) is 12.9. The topological polar surface area (TPSA) is 65.0 Å². The highest BCUT2D eigenvalue weighted by Crippen LogP contribution is 2.28. The van der Waals surface area contributed by atoms with Gasteiger partial charge < -0.3 is 9.47 Å². The Balaban J connectivity index is 3.08. The van der Waals surface area contributed by atoms with Crippen molar-refractivity contribution in [3.05, 3.63) is 23.8 Å². The van der Waals surface area contributed by atoms with Gasteiger partial charge in [-0.15, -0.1) is 4.99 Å². The van der Waals surface area contributed by atoms with Gasteiger partial charge in [-0.2, -0.15) is 0 Å². The van der Waals surface area contributed by atoms with Crippen LogP contribution in [0.1, 0.15) is 24.2 Å². The number of nitrogens with zero attached hydrogens (tertiary/aromatic N) is 1. The normalized spacial score (nSPS) is 9.29. The molecule has 0 aromatic heterocycles. The van der Waals surface area contributed by atoms with Crippen molar-refractivity contribution in [1.82, 2.24) is 0 Å². The molecule has 1 aromatic carbocycles. The molecule has 0 aliphatic heterocycles. The van der Waals surface area contributed by atoms with Crippen LogP contribution in [0.5, 0.6) is 11.5 Å². The minimum Gasteiger partial charge on any atom is -0.490 e. The maximum absolute atomic E-state index is 11.3. The third-order valence-corrected chi connectivity index (χ3v) is 1.94. The van der Waals surface area contributed by atoms with Crippen LogP contribution in [-0.4, -0.2) is 25.2 Å². The summed E-state index contributed by atoms with van der Waals surface area (Å²) in [6, 6.07) is 4.64. The van der Waals surface area contributed by atoms with Crippen molar-refractivity contribution in [3.63, 3.8) is 0 Å². The maximum Gasteiger partial charge on any atom is 0.287 e. The fraction of sp³-hybridized carbons (Fsp3) is 0.333. The molecule has 0 unspecified atom stereocenters. The van der Waals surface area contributed by atoms with Gasteiger partial charge in [-0.25, -0.2) is 4.79 Å². The molecule has 0 N–H and O–H groups in total. The van der Waals surface area contributed by atoms with Crippen LogP contribution >= 0.6 is 0 Å². The molecule has 0 aliphatic rings. The van der Waals surface area contributed by atoms with E-state index in [9.17, 15) is 9.59 Å². The molecule has 1 rings (SSSR count). The van der Waals surface area contributed by atoms with E-state index >= 15 is 0 Å². The molecule has 0 aliphatic carbocycles.